The van der Waals surface area contributed by atoms with Crippen LogP contribution in [0, 0.1) is 0 Å². The first-order valence-electron chi connectivity index (χ1n) is 5.33. The Morgan fingerprint density at radius 2 is 2.00 bits per heavy atom. The van der Waals surface area contributed by atoms with Gasteiger partial charge in [0.1, 0.15) is 0 Å². The van der Waals surface area contributed by atoms with Crippen molar-refractivity contribution in [3.63, 3.8) is 0 Å². The number of rotatable bonds is 2. The zero-order valence-corrected chi connectivity index (χ0v) is 12.5. The number of aromatic nitrogens is 1. The van der Waals surface area contributed by atoms with Crippen LogP contribution in [-0.2, 0) is 6.54 Å². The quantitative estimate of drug-likeness (QED) is 0.873. The second-order valence-corrected chi connectivity index (χ2v) is 5.34. The molecule has 3 N–H and O–H groups in total. The van der Waals surface area contributed by atoms with Crippen molar-refractivity contribution in [2.75, 3.05) is 18.8 Å². The molecule has 17 heavy (non-hydrogen) atoms. The molecule has 1 saturated heterocycles. The van der Waals surface area contributed by atoms with Gasteiger partial charge in [-0.1, -0.05) is 0 Å². The molecule has 1 fully saturated rings. The second-order valence-electron chi connectivity index (χ2n) is 4.19. The van der Waals surface area contributed by atoms with E-state index < -0.39 is 0 Å². The number of nitrogens with zero attached hydrogens (tertiary/aromatic N) is 2. The largest absolute Gasteiger partial charge is 0.375 e. The molecule has 1 aromatic heterocycles. The average molecular weight is 299 g/mol. The van der Waals surface area contributed by atoms with Gasteiger partial charge in [-0.15, -0.1) is 36.2 Å². The Kier molecular flexibility index (Phi) is 7.35. The first-order chi connectivity index (χ1) is 7.16. The highest BCUT2D eigenvalue weighted by atomic mass is 35.5. The van der Waals surface area contributed by atoms with Crippen LogP contribution < -0.4 is 11.1 Å². The summed E-state index contributed by atoms with van der Waals surface area (Å²) in [4.78, 5) is 7.85. The maximum absolute atomic E-state index is 5.63. The Morgan fingerprint density at radius 3 is 2.47 bits per heavy atom. The zero-order chi connectivity index (χ0) is 10.8. The molecule has 0 amide bonds. The summed E-state index contributed by atoms with van der Waals surface area (Å²) >= 11 is 1.59. The van der Waals surface area contributed by atoms with Crippen LogP contribution in [0.5, 0.6) is 0 Å². The minimum Gasteiger partial charge on any atom is -0.375 e. The molecule has 100 valence electrons. The minimum absolute atomic E-state index is 0. The molecule has 1 aliphatic rings. The number of hydrogen-bond acceptors (Lipinski definition) is 5. The molecule has 0 aromatic carbocycles. The number of anilines is 1. The number of thiazole rings is 1. The minimum atomic E-state index is 0. The Labute approximate surface area is 119 Å². The van der Waals surface area contributed by atoms with Gasteiger partial charge in [0.2, 0.25) is 0 Å². The van der Waals surface area contributed by atoms with E-state index in [9.17, 15) is 0 Å². The van der Waals surface area contributed by atoms with E-state index in [1.807, 2.05) is 6.20 Å². The first-order valence-corrected chi connectivity index (χ1v) is 6.15. The molecule has 7 heteroatoms. The molecule has 0 bridgehead atoms. The molecule has 0 radical (unpaired) electrons. The fourth-order valence-corrected chi connectivity index (χ4v) is 2.75. The van der Waals surface area contributed by atoms with E-state index in [0.717, 1.165) is 19.6 Å². The lowest BCUT2D eigenvalue weighted by molar-refractivity contribution is 0.110. The summed E-state index contributed by atoms with van der Waals surface area (Å²) in [5.74, 6) is 0. The van der Waals surface area contributed by atoms with Gasteiger partial charge >= 0.3 is 0 Å². The topological polar surface area (TPSA) is 54.2 Å². The highest BCUT2D eigenvalue weighted by molar-refractivity contribution is 7.15. The highest BCUT2D eigenvalue weighted by Gasteiger charge is 2.24. The molecule has 1 aromatic rings. The number of nitrogen functional groups attached to an aromatic ring is 1. The van der Waals surface area contributed by atoms with Crippen molar-refractivity contribution in [2.24, 2.45) is 0 Å². The molecular weight excluding hydrogens is 279 g/mol. The fraction of sp³-hybridized carbons (Fsp3) is 0.700. The lowest BCUT2D eigenvalue weighted by Gasteiger charge is -2.39. The summed E-state index contributed by atoms with van der Waals surface area (Å²) < 4.78 is 0. The van der Waals surface area contributed by atoms with Crippen LogP contribution in [-0.4, -0.2) is 35.1 Å². The monoisotopic (exact) mass is 298 g/mol. The molecule has 1 aliphatic heterocycles. The number of halogens is 2. The van der Waals surface area contributed by atoms with Crippen LogP contribution in [0.3, 0.4) is 0 Å². The van der Waals surface area contributed by atoms with Gasteiger partial charge in [0.05, 0.1) is 0 Å². The molecule has 4 nitrogen and oxygen atoms in total. The zero-order valence-electron chi connectivity index (χ0n) is 10.0. The van der Waals surface area contributed by atoms with Gasteiger partial charge in [-0.05, 0) is 13.8 Å². The van der Waals surface area contributed by atoms with Gasteiger partial charge in [0.15, 0.2) is 5.13 Å². The van der Waals surface area contributed by atoms with Gasteiger partial charge < -0.3 is 11.1 Å². The van der Waals surface area contributed by atoms with Gasteiger partial charge in [-0.25, -0.2) is 4.98 Å². The summed E-state index contributed by atoms with van der Waals surface area (Å²) in [6.07, 6.45) is 1.89. The fourth-order valence-electron chi connectivity index (χ4n) is 2.06. The Hall–Kier alpha value is -0.0700. The summed E-state index contributed by atoms with van der Waals surface area (Å²) in [6, 6.07) is 1.16. The lowest BCUT2D eigenvalue weighted by Crippen LogP contribution is -2.54. The maximum Gasteiger partial charge on any atom is 0.180 e. The predicted octanol–water partition coefficient (Wildman–Crippen LogP) is 1.75. The normalized spacial score (nSPS) is 24.8. The summed E-state index contributed by atoms with van der Waals surface area (Å²) in [5, 5.41) is 4.09. The molecule has 0 aliphatic carbocycles. The molecule has 2 heterocycles. The number of hydrogen-bond donors (Lipinski definition) is 2. The van der Waals surface area contributed by atoms with Crippen LogP contribution in [0.15, 0.2) is 6.20 Å². The Balaban J connectivity index is 0.00000128. The molecule has 2 atom stereocenters. The standard InChI is InChI=1S/C10H18N4S.2ClH/c1-7-3-12-4-8(2)14(7)6-9-5-13-10(11)15-9;;/h5,7-8,12H,3-4,6H2,1-2H3,(H2,11,13);2*1H/t7-,8+;;. The molecular formula is C10H20Cl2N4S. The van der Waals surface area contributed by atoms with E-state index in [2.05, 4.69) is 29.0 Å². The first kappa shape index (κ1) is 16.9. The van der Waals surface area contributed by atoms with E-state index in [0.29, 0.717) is 17.2 Å². The van der Waals surface area contributed by atoms with Crippen molar-refractivity contribution in [2.45, 2.75) is 32.5 Å². The molecule has 0 unspecified atom stereocenters. The van der Waals surface area contributed by atoms with Crippen LogP contribution in [0.1, 0.15) is 18.7 Å². The van der Waals surface area contributed by atoms with E-state index in [-0.39, 0.29) is 24.8 Å². The van der Waals surface area contributed by atoms with Gasteiger partial charge in [0, 0.05) is 42.8 Å². The smallest absolute Gasteiger partial charge is 0.180 e. The van der Waals surface area contributed by atoms with Crippen molar-refractivity contribution in [3.8, 4) is 0 Å². The predicted molar refractivity (Wildman–Crippen MR) is 78.4 cm³/mol. The van der Waals surface area contributed by atoms with Crippen LogP contribution in [0.25, 0.3) is 0 Å². The third-order valence-corrected chi connectivity index (χ3v) is 3.73. The van der Waals surface area contributed by atoms with Crippen LogP contribution >= 0.6 is 36.2 Å². The second kappa shape index (κ2) is 7.38. The van der Waals surface area contributed by atoms with Gasteiger partial charge in [-0.2, -0.15) is 0 Å². The molecule has 0 saturated carbocycles. The van der Waals surface area contributed by atoms with E-state index >= 15 is 0 Å². The maximum atomic E-state index is 5.63. The SMILES string of the molecule is C[C@@H]1CNC[C@H](C)N1Cc1cnc(N)s1.Cl.Cl. The van der Waals surface area contributed by atoms with Crippen molar-refractivity contribution in [1.29, 1.82) is 0 Å². The number of nitrogens with one attached hydrogen (secondary N) is 1. The highest BCUT2D eigenvalue weighted by Crippen LogP contribution is 2.20. The Morgan fingerprint density at radius 1 is 1.41 bits per heavy atom. The van der Waals surface area contributed by atoms with Crippen LogP contribution in [0.4, 0.5) is 5.13 Å². The van der Waals surface area contributed by atoms with E-state index in [4.69, 9.17) is 5.73 Å². The summed E-state index contributed by atoms with van der Waals surface area (Å²) in [6.45, 7) is 7.62. The number of piperazine rings is 1. The van der Waals surface area contributed by atoms with Crippen molar-refractivity contribution < 1.29 is 0 Å². The third-order valence-electron chi connectivity index (χ3n) is 2.92. The average Bonchev–Trinajstić information content (AvgIpc) is 2.58. The van der Waals surface area contributed by atoms with E-state index in [1.54, 1.807) is 11.3 Å². The molecule has 2 rings (SSSR count). The summed E-state index contributed by atoms with van der Waals surface area (Å²) in [5.41, 5.74) is 5.63. The summed E-state index contributed by atoms with van der Waals surface area (Å²) in [7, 11) is 0. The van der Waals surface area contributed by atoms with Gasteiger partial charge in [0.25, 0.3) is 0 Å². The van der Waals surface area contributed by atoms with E-state index in [1.165, 1.54) is 4.88 Å². The Bertz CT molecular complexity index is 324. The lowest BCUT2D eigenvalue weighted by atomic mass is 10.1. The molecule has 0 spiro atoms. The third kappa shape index (κ3) is 4.26. The van der Waals surface area contributed by atoms with Crippen molar-refractivity contribution >= 4 is 41.3 Å². The van der Waals surface area contributed by atoms with Gasteiger partial charge in [-0.3, -0.25) is 4.90 Å². The van der Waals surface area contributed by atoms with Crippen LogP contribution in [0.2, 0.25) is 0 Å². The number of nitrogens with two attached hydrogens (primary N) is 1. The van der Waals surface area contributed by atoms with Crippen molar-refractivity contribution in [3.05, 3.63) is 11.1 Å². The van der Waals surface area contributed by atoms with Crippen molar-refractivity contribution in [1.82, 2.24) is 15.2 Å².